The number of aromatic amines is 1. The molecule has 0 aliphatic carbocycles. The van der Waals surface area contributed by atoms with E-state index in [-0.39, 0.29) is 6.54 Å². The highest BCUT2D eigenvalue weighted by molar-refractivity contribution is 5.69. The zero-order valence-corrected chi connectivity index (χ0v) is 9.44. The number of hydrogen-bond acceptors (Lipinski definition) is 4. The molecule has 0 saturated heterocycles. The highest BCUT2D eigenvalue weighted by Gasteiger charge is 2.16. The largest absolute Gasteiger partial charge is 0.459 e. The lowest BCUT2D eigenvalue weighted by Crippen LogP contribution is -2.34. The minimum Gasteiger partial charge on any atom is -0.459 e. The normalized spacial score (nSPS) is 11.2. The highest BCUT2D eigenvalue weighted by atomic mass is 16.6. The molecule has 0 aliphatic rings. The van der Waals surface area contributed by atoms with E-state index in [0.29, 0.717) is 0 Å². The number of nitrogens with one attached hydrogen (secondary N) is 1. The van der Waals surface area contributed by atoms with Crippen LogP contribution in [0.2, 0.25) is 0 Å². The Balaban J connectivity index is 2.82. The number of hydrogen-bond donors (Lipinski definition) is 1. The van der Waals surface area contributed by atoms with Crippen molar-refractivity contribution in [3.63, 3.8) is 0 Å². The second kappa shape index (κ2) is 4.34. The summed E-state index contributed by atoms with van der Waals surface area (Å²) in [7, 11) is 0. The molecule has 1 N–H and O–H groups in total. The van der Waals surface area contributed by atoms with Gasteiger partial charge in [0.05, 0.1) is 0 Å². The topological polar surface area (TPSA) is 81.2 Å². The Bertz CT molecular complexity index is 493. The molecular formula is C10H14N2O4. The molecule has 88 valence electrons. The maximum absolute atomic E-state index is 11.4. The Morgan fingerprint density at radius 2 is 2.00 bits per heavy atom. The number of aromatic nitrogens is 2. The van der Waals surface area contributed by atoms with Crippen LogP contribution in [-0.4, -0.2) is 21.4 Å². The number of ether oxygens (including phenoxy) is 1. The molecule has 0 aliphatic heterocycles. The van der Waals surface area contributed by atoms with Gasteiger partial charge in [-0.05, 0) is 20.8 Å². The molecule has 1 aromatic heterocycles. The van der Waals surface area contributed by atoms with Crippen LogP contribution in [0.3, 0.4) is 0 Å². The third-order valence-corrected chi connectivity index (χ3v) is 1.60. The molecule has 16 heavy (non-hydrogen) atoms. The lowest BCUT2D eigenvalue weighted by Gasteiger charge is -2.19. The van der Waals surface area contributed by atoms with E-state index < -0.39 is 22.7 Å². The van der Waals surface area contributed by atoms with Gasteiger partial charge in [0.15, 0.2) is 0 Å². The summed E-state index contributed by atoms with van der Waals surface area (Å²) < 4.78 is 5.93. The fourth-order valence-electron chi connectivity index (χ4n) is 1.08. The second-order valence-corrected chi connectivity index (χ2v) is 4.32. The van der Waals surface area contributed by atoms with Crippen molar-refractivity contribution in [3.8, 4) is 0 Å². The number of rotatable bonds is 2. The van der Waals surface area contributed by atoms with Crippen molar-refractivity contribution in [2.45, 2.75) is 32.9 Å². The number of H-pyrrole nitrogens is 1. The number of nitrogens with zero attached hydrogens (tertiary/aromatic N) is 1. The third kappa shape index (κ3) is 3.72. The van der Waals surface area contributed by atoms with Crippen molar-refractivity contribution >= 4 is 5.97 Å². The van der Waals surface area contributed by atoms with Crippen molar-refractivity contribution in [1.29, 1.82) is 0 Å². The van der Waals surface area contributed by atoms with E-state index in [4.69, 9.17) is 4.74 Å². The molecule has 0 saturated carbocycles. The van der Waals surface area contributed by atoms with E-state index in [1.807, 2.05) is 0 Å². The zero-order valence-electron chi connectivity index (χ0n) is 9.44. The van der Waals surface area contributed by atoms with Gasteiger partial charge in [-0.3, -0.25) is 19.5 Å². The molecular weight excluding hydrogens is 212 g/mol. The van der Waals surface area contributed by atoms with Crippen LogP contribution in [0, 0.1) is 0 Å². The van der Waals surface area contributed by atoms with Crippen LogP contribution in [0.25, 0.3) is 0 Å². The van der Waals surface area contributed by atoms with Crippen molar-refractivity contribution < 1.29 is 9.53 Å². The van der Waals surface area contributed by atoms with Crippen LogP contribution >= 0.6 is 0 Å². The average Bonchev–Trinajstić information content (AvgIpc) is 2.08. The average molecular weight is 226 g/mol. The molecule has 0 spiro atoms. The van der Waals surface area contributed by atoms with Crippen LogP contribution in [-0.2, 0) is 16.1 Å². The van der Waals surface area contributed by atoms with E-state index in [2.05, 4.69) is 5.10 Å². The van der Waals surface area contributed by atoms with Gasteiger partial charge < -0.3 is 4.74 Å². The van der Waals surface area contributed by atoms with E-state index in [9.17, 15) is 14.4 Å². The van der Waals surface area contributed by atoms with Crippen LogP contribution in [0.1, 0.15) is 20.8 Å². The smallest absolute Gasteiger partial charge is 0.328 e. The van der Waals surface area contributed by atoms with Gasteiger partial charge in [0, 0.05) is 12.1 Å². The molecule has 0 aromatic carbocycles. The van der Waals surface area contributed by atoms with Gasteiger partial charge in [0.2, 0.25) is 0 Å². The van der Waals surface area contributed by atoms with Gasteiger partial charge in [-0.1, -0.05) is 0 Å². The summed E-state index contributed by atoms with van der Waals surface area (Å²) in [5, 5.41) is 2.24. The van der Waals surface area contributed by atoms with Gasteiger partial charge in [-0.2, -0.15) is 0 Å². The Morgan fingerprint density at radius 3 is 2.56 bits per heavy atom. The van der Waals surface area contributed by atoms with E-state index in [0.717, 1.165) is 16.8 Å². The van der Waals surface area contributed by atoms with Gasteiger partial charge in [-0.15, -0.1) is 0 Å². The first kappa shape index (κ1) is 12.2. The van der Waals surface area contributed by atoms with E-state index in [1.54, 1.807) is 20.8 Å². The van der Waals surface area contributed by atoms with Gasteiger partial charge in [0.25, 0.3) is 11.1 Å². The summed E-state index contributed by atoms with van der Waals surface area (Å²) in [4.78, 5) is 33.6. The fraction of sp³-hybridized carbons (Fsp3) is 0.500. The van der Waals surface area contributed by atoms with Crippen LogP contribution in [0.4, 0.5) is 0 Å². The van der Waals surface area contributed by atoms with Gasteiger partial charge in [-0.25, -0.2) is 4.68 Å². The number of esters is 1. The third-order valence-electron chi connectivity index (χ3n) is 1.60. The highest BCUT2D eigenvalue weighted by Crippen LogP contribution is 2.06. The molecule has 6 nitrogen and oxygen atoms in total. The van der Waals surface area contributed by atoms with Crippen molar-refractivity contribution in [3.05, 3.63) is 32.8 Å². The Labute approximate surface area is 91.8 Å². The minimum atomic E-state index is -0.615. The molecule has 0 fully saturated rings. The van der Waals surface area contributed by atoms with Crippen LogP contribution in [0.15, 0.2) is 21.7 Å². The lowest BCUT2D eigenvalue weighted by atomic mass is 10.2. The van der Waals surface area contributed by atoms with Gasteiger partial charge >= 0.3 is 5.97 Å². The molecule has 0 radical (unpaired) electrons. The van der Waals surface area contributed by atoms with Crippen molar-refractivity contribution in [2.24, 2.45) is 0 Å². The van der Waals surface area contributed by atoms with E-state index in [1.165, 1.54) is 0 Å². The minimum absolute atomic E-state index is 0.299. The van der Waals surface area contributed by atoms with Crippen LogP contribution in [0.5, 0.6) is 0 Å². The predicted octanol–water partition coefficient (Wildman–Crippen LogP) is -0.122. The molecule has 0 bridgehead atoms. The SMILES string of the molecule is CC(C)(C)OC(=O)Cn1[nH]c(=O)ccc1=O. The molecule has 0 atom stereocenters. The molecule has 0 amide bonds. The summed E-state index contributed by atoms with van der Waals surface area (Å²) in [6.07, 6.45) is 0. The summed E-state index contributed by atoms with van der Waals surface area (Å²) in [6.45, 7) is 4.87. The standard InChI is InChI=1S/C10H14N2O4/c1-10(2,3)16-9(15)6-12-8(14)5-4-7(13)11-12/h4-5H,6H2,1-3H3,(H,11,13). The van der Waals surface area contributed by atoms with Crippen LogP contribution < -0.4 is 11.1 Å². The van der Waals surface area contributed by atoms with Crippen molar-refractivity contribution in [1.82, 2.24) is 9.78 Å². The Morgan fingerprint density at radius 1 is 1.38 bits per heavy atom. The maximum atomic E-state index is 11.4. The first-order valence-electron chi connectivity index (χ1n) is 4.80. The fourth-order valence-corrected chi connectivity index (χ4v) is 1.08. The zero-order chi connectivity index (χ0) is 12.3. The van der Waals surface area contributed by atoms with Gasteiger partial charge in [0.1, 0.15) is 12.1 Å². The molecule has 0 unspecified atom stereocenters. The first-order valence-corrected chi connectivity index (χ1v) is 4.80. The monoisotopic (exact) mass is 226 g/mol. The number of carbonyl (C=O) groups is 1. The van der Waals surface area contributed by atoms with E-state index >= 15 is 0 Å². The predicted molar refractivity (Wildman–Crippen MR) is 57.2 cm³/mol. The molecule has 1 heterocycles. The lowest BCUT2D eigenvalue weighted by molar-refractivity contribution is -0.155. The summed E-state index contributed by atoms with van der Waals surface area (Å²) in [6, 6.07) is 2.21. The van der Waals surface area contributed by atoms with Crippen molar-refractivity contribution in [2.75, 3.05) is 0 Å². The number of carbonyl (C=O) groups excluding carboxylic acids is 1. The Kier molecular flexibility index (Phi) is 3.31. The molecule has 6 heteroatoms. The molecule has 1 aromatic rings. The summed E-state index contributed by atoms with van der Waals surface area (Å²) >= 11 is 0. The molecule has 1 rings (SSSR count). The first-order chi connectivity index (χ1) is 7.28. The maximum Gasteiger partial charge on any atom is 0.328 e. The Hall–Kier alpha value is -1.85. The quantitative estimate of drug-likeness (QED) is 0.713. The second-order valence-electron chi connectivity index (χ2n) is 4.32. The summed E-state index contributed by atoms with van der Waals surface area (Å²) in [5.74, 6) is -0.573. The summed E-state index contributed by atoms with van der Waals surface area (Å²) in [5.41, 5.74) is -1.51.